The Balaban J connectivity index is 1.94. The quantitative estimate of drug-likeness (QED) is 0.345. The zero-order chi connectivity index (χ0) is 15.4. The predicted molar refractivity (Wildman–Crippen MR) is 106 cm³/mol. The van der Waals surface area contributed by atoms with Gasteiger partial charge in [-0.05, 0) is 57.2 Å². The molecule has 0 aliphatic rings. The number of unbranched alkanes of at least 4 members (excludes halogenated alkanes) is 3. The highest BCUT2D eigenvalue weighted by atomic mass is 79.9. The standard InChI is InChI=1S/C18H19BrS3/c1-2-3-4-5-8-13-16(19)18(15-10-7-12-21-15)22-17(13)14-9-6-11-20-14/h6-7,9-12H,2-5,8H2,1H3. The second-order valence-corrected chi connectivity index (χ2v) is 9.03. The van der Waals surface area contributed by atoms with Crippen LogP contribution in [0.25, 0.3) is 19.5 Å². The SMILES string of the molecule is CCCCCCc1c(-c2cccs2)sc(-c2cccs2)c1Br. The summed E-state index contributed by atoms with van der Waals surface area (Å²) < 4.78 is 1.32. The minimum Gasteiger partial charge on any atom is -0.143 e. The van der Waals surface area contributed by atoms with Crippen molar-refractivity contribution in [2.75, 3.05) is 0 Å². The summed E-state index contributed by atoms with van der Waals surface area (Å²) in [7, 11) is 0. The molecule has 0 saturated heterocycles. The van der Waals surface area contributed by atoms with E-state index >= 15 is 0 Å². The fourth-order valence-corrected chi connectivity index (χ4v) is 6.67. The van der Waals surface area contributed by atoms with Crippen molar-refractivity contribution >= 4 is 49.9 Å². The Bertz CT molecular complexity index is 693. The van der Waals surface area contributed by atoms with Crippen molar-refractivity contribution in [2.24, 2.45) is 0 Å². The Morgan fingerprint density at radius 2 is 1.59 bits per heavy atom. The predicted octanol–water partition coefficient (Wildman–Crippen LogP) is 8.09. The van der Waals surface area contributed by atoms with E-state index in [2.05, 4.69) is 57.9 Å². The van der Waals surface area contributed by atoms with Gasteiger partial charge in [0.15, 0.2) is 0 Å². The molecule has 22 heavy (non-hydrogen) atoms. The maximum absolute atomic E-state index is 3.90. The van der Waals surface area contributed by atoms with E-state index in [1.165, 1.54) is 61.6 Å². The average Bonchev–Trinajstić information content (AvgIpc) is 3.25. The lowest BCUT2D eigenvalue weighted by molar-refractivity contribution is 0.667. The molecule has 4 heteroatoms. The number of rotatable bonds is 7. The monoisotopic (exact) mass is 410 g/mol. The van der Waals surface area contributed by atoms with Gasteiger partial charge in [-0.2, -0.15) is 0 Å². The second-order valence-electron chi connectivity index (χ2n) is 5.32. The lowest BCUT2D eigenvalue weighted by Gasteiger charge is -2.03. The molecule has 3 aromatic rings. The van der Waals surface area contributed by atoms with Crippen molar-refractivity contribution < 1.29 is 0 Å². The van der Waals surface area contributed by atoms with Crippen molar-refractivity contribution in [3.63, 3.8) is 0 Å². The van der Waals surface area contributed by atoms with Crippen molar-refractivity contribution in [2.45, 2.75) is 39.0 Å². The Morgan fingerprint density at radius 3 is 2.18 bits per heavy atom. The van der Waals surface area contributed by atoms with E-state index in [-0.39, 0.29) is 0 Å². The molecule has 0 fully saturated rings. The molecule has 0 radical (unpaired) electrons. The van der Waals surface area contributed by atoms with E-state index in [1.807, 2.05) is 34.0 Å². The number of halogens is 1. The first-order valence-electron chi connectivity index (χ1n) is 7.70. The van der Waals surface area contributed by atoms with Gasteiger partial charge >= 0.3 is 0 Å². The Labute approximate surface area is 153 Å². The van der Waals surface area contributed by atoms with Gasteiger partial charge in [-0.1, -0.05) is 38.3 Å². The highest BCUT2D eigenvalue weighted by Crippen LogP contribution is 2.48. The third-order valence-corrected chi connectivity index (χ3v) is 8.18. The van der Waals surface area contributed by atoms with Crippen LogP contribution in [-0.2, 0) is 6.42 Å². The van der Waals surface area contributed by atoms with Crippen LogP contribution in [0, 0.1) is 0 Å². The number of hydrogen-bond donors (Lipinski definition) is 0. The van der Waals surface area contributed by atoms with E-state index < -0.39 is 0 Å². The summed E-state index contributed by atoms with van der Waals surface area (Å²) in [4.78, 5) is 5.62. The smallest absolute Gasteiger partial charge is 0.0594 e. The molecule has 0 nitrogen and oxygen atoms in total. The number of hydrogen-bond acceptors (Lipinski definition) is 3. The van der Waals surface area contributed by atoms with E-state index in [0.29, 0.717) is 0 Å². The molecule has 0 spiro atoms. The van der Waals surface area contributed by atoms with Crippen molar-refractivity contribution in [3.8, 4) is 19.5 Å². The molecule has 0 atom stereocenters. The third-order valence-electron chi connectivity index (χ3n) is 3.71. The first-order chi connectivity index (χ1) is 10.8. The minimum atomic E-state index is 1.18. The first-order valence-corrected chi connectivity index (χ1v) is 11.1. The van der Waals surface area contributed by atoms with Crippen LogP contribution in [0.5, 0.6) is 0 Å². The molecule has 0 aliphatic carbocycles. The second kappa shape index (κ2) is 7.91. The maximum atomic E-state index is 3.90. The topological polar surface area (TPSA) is 0 Å². The van der Waals surface area contributed by atoms with Gasteiger partial charge in [0.25, 0.3) is 0 Å². The van der Waals surface area contributed by atoms with Gasteiger partial charge in [0, 0.05) is 19.1 Å². The van der Waals surface area contributed by atoms with Crippen LogP contribution in [-0.4, -0.2) is 0 Å². The molecule has 3 aromatic heterocycles. The summed E-state index contributed by atoms with van der Waals surface area (Å²) in [5.74, 6) is 0. The van der Waals surface area contributed by atoms with Crippen LogP contribution >= 0.6 is 49.9 Å². The Kier molecular flexibility index (Phi) is 5.91. The largest absolute Gasteiger partial charge is 0.143 e. The molecule has 0 saturated carbocycles. The number of thiophene rings is 3. The average molecular weight is 411 g/mol. The van der Waals surface area contributed by atoms with Gasteiger partial charge in [0.2, 0.25) is 0 Å². The lowest BCUT2D eigenvalue weighted by Crippen LogP contribution is -1.87. The van der Waals surface area contributed by atoms with Gasteiger partial charge in [-0.25, -0.2) is 0 Å². The molecule has 0 bridgehead atoms. The minimum absolute atomic E-state index is 1.18. The van der Waals surface area contributed by atoms with Gasteiger partial charge in [-0.15, -0.1) is 34.0 Å². The van der Waals surface area contributed by atoms with E-state index in [9.17, 15) is 0 Å². The van der Waals surface area contributed by atoms with Gasteiger partial charge < -0.3 is 0 Å². The van der Waals surface area contributed by atoms with E-state index in [4.69, 9.17) is 0 Å². The maximum Gasteiger partial charge on any atom is 0.0594 e. The van der Waals surface area contributed by atoms with Crippen LogP contribution in [0.4, 0.5) is 0 Å². The van der Waals surface area contributed by atoms with Crippen LogP contribution in [0.2, 0.25) is 0 Å². The molecule has 3 rings (SSSR count). The fraction of sp³-hybridized carbons (Fsp3) is 0.333. The highest BCUT2D eigenvalue weighted by Gasteiger charge is 2.19. The van der Waals surface area contributed by atoms with Crippen molar-refractivity contribution in [3.05, 3.63) is 45.1 Å². The normalized spacial score (nSPS) is 11.2. The lowest BCUT2D eigenvalue weighted by atomic mass is 10.1. The molecule has 0 aliphatic heterocycles. The van der Waals surface area contributed by atoms with E-state index in [0.717, 1.165) is 0 Å². The molecule has 0 N–H and O–H groups in total. The van der Waals surface area contributed by atoms with Gasteiger partial charge in [-0.3, -0.25) is 0 Å². The van der Waals surface area contributed by atoms with Crippen LogP contribution < -0.4 is 0 Å². The summed E-state index contributed by atoms with van der Waals surface area (Å²) in [5, 5.41) is 4.34. The van der Waals surface area contributed by atoms with Crippen LogP contribution in [0.1, 0.15) is 38.2 Å². The molecule has 0 amide bonds. The van der Waals surface area contributed by atoms with Crippen LogP contribution in [0.15, 0.2) is 39.5 Å². The molecule has 116 valence electrons. The zero-order valence-corrected chi connectivity index (χ0v) is 16.6. The summed E-state index contributed by atoms with van der Waals surface area (Å²) in [6.45, 7) is 2.27. The summed E-state index contributed by atoms with van der Waals surface area (Å²) >= 11 is 9.51. The highest BCUT2D eigenvalue weighted by molar-refractivity contribution is 9.10. The molecule has 3 heterocycles. The van der Waals surface area contributed by atoms with E-state index in [1.54, 1.807) is 0 Å². The Morgan fingerprint density at radius 1 is 0.909 bits per heavy atom. The molecular weight excluding hydrogens is 392 g/mol. The fourth-order valence-electron chi connectivity index (χ4n) is 2.57. The molecular formula is C18H19BrS3. The van der Waals surface area contributed by atoms with Gasteiger partial charge in [0.1, 0.15) is 0 Å². The third kappa shape index (κ3) is 3.56. The summed E-state index contributed by atoms with van der Waals surface area (Å²) in [5.41, 5.74) is 1.51. The van der Waals surface area contributed by atoms with Crippen molar-refractivity contribution in [1.82, 2.24) is 0 Å². The molecule has 0 unspecified atom stereocenters. The zero-order valence-electron chi connectivity index (χ0n) is 12.6. The van der Waals surface area contributed by atoms with Gasteiger partial charge in [0.05, 0.1) is 4.88 Å². The van der Waals surface area contributed by atoms with Crippen LogP contribution in [0.3, 0.4) is 0 Å². The Hall–Kier alpha value is -0.420. The summed E-state index contributed by atoms with van der Waals surface area (Å²) in [6, 6.07) is 8.76. The first kappa shape index (κ1) is 16.4. The summed E-state index contributed by atoms with van der Waals surface area (Å²) in [6.07, 6.45) is 6.43. The molecule has 0 aromatic carbocycles. The van der Waals surface area contributed by atoms with Crippen molar-refractivity contribution in [1.29, 1.82) is 0 Å².